The predicted molar refractivity (Wildman–Crippen MR) is 70.2 cm³/mol. The summed E-state index contributed by atoms with van der Waals surface area (Å²) in [6, 6.07) is 8.40. The fourth-order valence-corrected chi connectivity index (χ4v) is 3.23. The summed E-state index contributed by atoms with van der Waals surface area (Å²) in [5, 5.41) is 21.6. The quantitative estimate of drug-likeness (QED) is 0.762. The molecule has 0 saturated carbocycles. The molecular weight excluding hydrogens is 234 g/mol. The SMILES string of the molecule is OCC(CO)N[C@H]1CCCSc2ccccc21. The van der Waals surface area contributed by atoms with Gasteiger partial charge in [-0.15, -0.1) is 11.8 Å². The summed E-state index contributed by atoms with van der Waals surface area (Å²) in [6.07, 6.45) is 2.21. The number of hydrogen-bond donors (Lipinski definition) is 3. The van der Waals surface area contributed by atoms with Crippen LogP contribution in [0.2, 0.25) is 0 Å². The molecule has 4 heteroatoms. The third kappa shape index (κ3) is 3.22. The van der Waals surface area contributed by atoms with E-state index >= 15 is 0 Å². The standard InChI is InChI=1S/C13H19NO2S/c15-8-10(9-16)14-12-5-3-7-17-13-6-2-1-4-11(12)13/h1-2,4,6,10,12,14-16H,3,5,7-9H2/t12-/m0/s1. The van der Waals surface area contributed by atoms with Gasteiger partial charge in [0.1, 0.15) is 0 Å². The fourth-order valence-electron chi connectivity index (χ4n) is 2.15. The molecule has 1 aromatic rings. The Labute approximate surface area is 106 Å². The number of nitrogens with one attached hydrogen (secondary N) is 1. The third-order valence-electron chi connectivity index (χ3n) is 3.07. The van der Waals surface area contributed by atoms with Gasteiger partial charge in [0, 0.05) is 10.9 Å². The smallest absolute Gasteiger partial charge is 0.0607 e. The van der Waals surface area contributed by atoms with Crippen molar-refractivity contribution in [2.75, 3.05) is 19.0 Å². The molecule has 17 heavy (non-hydrogen) atoms. The Bertz CT molecular complexity index is 355. The Morgan fingerprint density at radius 3 is 2.82 bits per heavy atom. The molecule has 1 atom stereocenters. The molecule has 2 rings (SSSR count). The van der Waals surface area contributed by atoms with Crippen LogP contribution in [0.5, 0.6) is 0 Å². The zero-order chi connectivity index (χ0) is 12.1. The molecule has 94 valence electrons. The minimum Gasteiger partial charge on any atom is -0.395 e. The normalized spacial score (nSPS) is 20.1. The van der Waals surface area contributed by atoms with Gasteiger partial charge < -0.3 is 15.5 Å². The van der Waals surface area contributed by atoms with Crippen molar-refractivity contribution in [1.29, 1.82) is 0 Å². The number of fused-ring (bicyclic) bond motifs is 1. The van der Waals surface area contributed by atoms with Crippen LogP contribution in [0.25, 0.3) is 0 Å². The number of rotatable bonds is 4. The van der Waals surface area contributed by atoms with E-state index in [0.29, 0.717) is 0 Å². The van der Waals surface area contributed by atoms with E-state index in [0.717, 1.165) is 18.6 Å². The number of thioether (sulfide) groups is 1. The first-order chi connectivity index (χ1) is 8.35. The van der Waals surface area contributed by atoms with Crippen LogP contribution in [0.3, 0.4) is 0 Å². The first-order valence-corrected chi connectivity index (χ1v) is 7.03. The first-order valence-electron chi connectivity index (χ1n) is 6.04. The van der Waals surface area contributed by atoms with Crippen LogP contribution >= 0.6 is 11.8 Å². The van der Waals surface area contributed by atoms with Crippen LogP contribution in [-0.4, -0.2) is 35.2 Å². The highest BCUT2D eigenvalue weighted by Crippen LogP contribution is 2.34. The molecule has 1 aliphatic rings. The second-order valence-electron chi connectivity index (χ2n) is 4.31. The van der Waals surface area contributed by atoms with Gasteiger partial charge >= 0.3 is 0 Å². The summed E-state index contributed by atoms with van der Waals surface area (Å²) < 4.78 is 0. The van der Waals surface area contributed by atoms with E-state index in [9.17, 15) is 0 Å². The predicted octanol–water partition coefficient (Wildman–Crippen LogP) is 1.56. The monoisotopic (exact) mass is 253 g/mol. The summed E-state index contributed by atoms with van der Waals surface area (Å²) in [4.78, 5) is 1.32. The van der Waals surface area contributed by atoms with Crippen molar-refractivity contribution in [3.8, 4) is 0 Å². The van der Waals surface area contributed by atoms with E-state index in [1.54, 1.807) is 0 Å². The van der Waals surface area contributed by atoms with Crippen molar-refractivity contribution in [1.82, 2.24) is 5.32 Å². The van der Waals surface area contributed by atoms with Crippen LogP contribution in [-0.2, 0) is 0 Å². The molecule has 0 aliphatic carbocycles. The van der Waals surface area contributed by atoms with Crippen molar-refractivity contribution in [2.24, 2.45) is 0 Å². The lowest BCUT2D eigenvalue weighted by Crippen LogP contribution is -2.38. The van der Waals surface area contributed by atoms with Crippen molar-refractivity contribution < 1.29 is 10.2 Å². The van der Waals surface area contributed by atoms with Gasteiger partial charge in [-0.05, 0) is 30.2 Å². The van der Waals surface area contributed by atoms with Crippen molar-refractivity contribution in [3.05, 3.63) is 29.8 Å². The molecule has 1 aromatic carbocycles. The Hall–Kier alpha value is -0.550. The largest absolute Gasteiger partial charge is 0.395 e. The molecule has 0 saturated heterocycles. The molecule has 0 unspecified atom stereocenters. The highest BCUT2D eigenvalue weighted by atomic mass is 32.2. The molecule has 0 bridgehead atoms. The van der Waals surface area contributed by atoms with E-state index in [2.05, 4.69) is 23.5 Å². The Morgan fingerprint density at radius 1 is 1.29 bits per heavy atom. The second kappa shape index (κ2) is 6.40. The number of aliphatic hydroxyl groups is 2. The van der Waals surface area contributed by atoms with Crippen LogP contribution in [0.4, 0.5) is 0 Å². The van der Waals surface area contributed by atoms with Gasteiger partial charge in [0.15, 0.2) is 0 Å². The van der Waals surface area contributed by atoms with Gasteiger partial charge in [0.2, 0.25) is 0 Å². The van der Waals surface area contributed by atoms with Gasteiger partial charge in [0.25, 0.3) is 0 Å². The number of hydrogen-bond acceptors (Lipinski definition) is 4. The highest BCUT2D eigenvalue weighted by Gasteiger charge is 2.20. The van der Waals surface area contributed by atoms with Crippen LogP contribution in [0, 0.1) is 0 Å². The average molecular weight is 253 g/mol. The molecule has 0 fully saturated rings. The number of aliphatic hydroxyl groups excluding tert-OH is 2. The third-order valence-corrected chi connectivity index (χ3v) is 4.24. The maximum atomic E-state index is 9.15. The average Bonchev–Trinajstić information content (AvgIpc) is 2.58. The molecule has 0 amide bonds. The van der Waals surface area contributed by atoms with E-state index in [4.69, 9.17) is 10.2 Å². The minimum absolute atomic E-state index is 0.0255. The summed E-state index contributed by atoms with van der Waals surface area (Å²) in [7, 11) is 0. The Morgan fingerprint density at radius 2 is 2.06 bits per heavy atom. The molecule has 1 heterocycles. The van der Waals surface area contributed by atoms with Crippen LogP contribution in [0.15, 0.2) is 29.2 Å². The molecular formula is C13H19NO2S. The van der Waals surface area contributed by atoms with E-state index in [1.807, 2.05) is 17.8 Å². The van der Waals surface area contributed by atoms with Gasteiger partial charge in [0.05, 0.1) is 19.3 Å². The van der Waals surface area contributed by atoms with E-state index in [1.165, 1.54) is 10.5 Å². The molecule has 1 aliphatic heterocycles. The lowest BCUT2D eigenvalue weighted by Gasteiger charge is -2.23. The molecule has 0 aromatic heterocycles. The van der Waals surface area contributed by atoms with Gasteiger partial charge in [-0.3, -0.25) is 0 Å². The van der Waals surface area contributed by atoms with Crippen molar-refractivity contribution in [2.45, 2.75) is 29.8 Å². The molecule has 3 N–H and O–H groups in total. The lowest BCUT2D eigenvalue weighted by atomic mass is 10.0. The van der Waals surface area contributed by atoms with Gasteiger partial charge in [-0.25, -0.2) is 0 Å². The van der Waals surface area contributed by atoms with Crippen molar-refractivity contribution in [3.63, 3.8) is 0 Å². The second-order valence-corrected chi connectivity index (χ2v) is 5.45. The highest BCUT2D eigenvalue weighted by molar-refractivity contribution is 7.99. The molecule has 0 spiro atoms. The summed E-state index contributed by atoms with van der Waals surface area (Å²) >= 11 is 1.89. The Balaban J connectivity index is 2.16. The fraction of sp³-hybridized carbons (Fsp3) is 0.538. The number of benzene rings is 1. The maximum absolute atomic E-state index is 9.15. The summed E-state index contributed by atoms with van der Waals surface area (Å²) in [5.41, 5.74) is 1.29. The van der Waals surface area contributed by atoms with E-state index < -0.39 is 0 Å². The minimum atomic E-state index is -0.226. The summed E-state index contributed by atoms with van der Waals surface area (Å²) in [6.45, 7) is -0.0510. The first kappa shape index (κ1) is 12.9. The van der Waals surface area contributed by atoms with Crippen LogP contribution < -0.4 is 5.32 Å². The zero-order valence-electron chi connectivity index (χ0n) is 9.80. The van der Waals surface area contributed by atoms with Gasteiger partial charge in [-0.2, -0.15) is 0 Å². The van der Waals surface area contributed by atoms with E-state index in [-0.39, 0.29) is 25.3 Å². The lowest BCUT2D eigenvalue weighted by molar-refractivity contribution is 0.160. The maximum Gasteiger partial charge on any atom is 0.0607 e. The molecule has 3 nitrogen and oxygen atoms in total. The molecule has 0 radical (unpaired) electrons. The zero-order valence-corrected chi connectivity index (χ0v) is 10.6. The van der Waals surface area contributed by atoms with Crippen molar-refractivity contribution >= 4 is 11.8 Å². The topological polar surface area (TPSA) is 52.5 Å². The van der Waals surface area contributed by atoms with Gasteiger partial charge in [-0.1, -0.05) is 18.2 Å². The van der Waals surface area contributed by atoms with Crippen LogP contribution in [0.1, 0.15) is 24.4 Å². The Kier molecular flexibility index (Phi) is 4.86. The summed E-state index contributed by atoms with van der Waals surface area (Å²) in [5.74, 6) is 1.14.